The van der Waals surface area contributed by atoms with E-state index in [-0.39, 0.29) is 18.5 Å². The van der Waals surface area contributed by atoms with E-state index in [2.05, 4.69) is 5.32 Å². The molecule has 108 valence electrons. The molecule has 0 aliphatic rings. The molecule has 0 fully saturated rings. The summed E-state index contributed by atoms with van der Waals surface area (Å²) in [4.78, 5) is 0. The quantitative estimate of drug-likeness (QED) is 0.741. The topological polar surface area (TPSA) is 30.5 Å². The predicted molar refractivity (Wildman–Crippen MR) is 66.2 cm³/mol. The highest BCUT2D eigenvalue weighted by molar-refractivity contribution is 5.36. The Morgan fingerprint density at radius 3 is 2.68 bits per heavy atom. The number of halogens is 3. The van der Waals surface area contributed by atoms with Crippen LogP contribution in [0.15, 0.2) is 18.2 Å². The fourth-order valence-electron chi connectivity index (χ4n) is 1.74. The molecule has 0 aromatic heterocycles. The number of ether oxygens (including phenoxy) is 2. The van der Waals surface area contributed by atoms with Crippen LogP contribution in [0.3, 0.4) is 0 Å². The molecule has 0 saturated carbocycles. The first-order chi connectivity index (χ1) is 9.06. The van der Waals surface area contributed by atoms with Crippen molar-refractivity contribution < 1.29 is 22.6 Å². The van der Waals surface area contributed by atoms with Crippen molar-refractivity contribution in [3.63, 3.8) is 0 Å². The molecule has 19 heavy (non-hydrogen) atoms. The fraction of sp³-hybridized carbons (Fsp3) is 0.538. The number of hydrogen-bond donors (Lipinski definition) is 1. The second kappa shape index (κ2) is 8.01. The lowest BCUT2D eigenvalue weighted by molar-refractivity contribution is 0.0183. The van der Waals surface area contributed by atoms with Gasteiger partial charge in [-0.25, -0.2) is 13.2 Å². The van der Waals surface area contributed by atoms with Crippen molar-refractivity contribution in [2.75, 3.05) is 26.9 Å². The Hall–Kier alpha value is -1.27. The van der Waals surface area contributed by atoms with Crippen LogP contribution in [0.1, 0.15) is 18.5 Å². The summed E-state index contributed by atoms with van der Waals surface area (Å²) in [6.07, 6.45) is -2.47. The minimum Gasteiger partial charge on any atom is -0.496 e. The first kappa shape index (κ1) is 15.8. The zero-order valence-electron chi connectivity index (χ0n) is 11.0. The number of benzene rings is 1. The Morgan fingerprint density at radius 2 is 2.05 bits per heavy atom. The lowest BCUT2D eigenvalue weighted by atomic mass is 10.1. The maximum Gasteiger partial charge on any atom is 0.261 e. The summed E-state index contributed by atoms with van der Waals surface area (Å²) in [7, 11) is 1.47. The van der Waals surface area contributed by atoms with Crippen molar-refractivity contribution in [1.29, 1.82) is 0 Å². The van der Waals surface area contributed by atoms with Crippen LogP contribution < -0.4 is 10.1 Å². The van der Waals surface area contributed by atoms with Gasteiger partial charge >= 0.3 is 0 Å². The van der Waals surface area contributed by atoms with Crippen molar-refractivity contribution in [2.45, 2.75) is 19.4 Å². The van der Waals surface area contributed by atoms with E-state index in [4.69, 9.17) is 9.47 Å². The van der Waals surface area contributed by atoms with Crippen molar-refractivity contribution in [3.05, 3.63) is 29.6 Å². The monoisotopic (exact) mass is 277 g/mol. The largest absolute Gasteiger partial charge is 0.496 e. The summed E-state index contributed by atoms with van der Waals surface area (Å²) in [6, 6.07) is 4.29. The molecule has 0 amide bonds. The summed E-state index contributed by atoms with van der Waals surface area (Å²) < 4.78 is 47.2. The van der Waals surface area contributed by atoms with E-state index in [9.17, 15) is 13.2 Å². The number of rotatable bonds is 8. The lowest BCUT2D eigenvalue weighted by Gasteiger charge is -2.18. The van der Waals surface area contributed by atoms with Crippen LogP contribution >= 0.6 is 0 Å². The standard InChI is InChI=1S/C13H18F3NO2/c1-9(17-6-7-19-8-12(15)16)13-10(14)4-3-5-11(13)18-2/h3-5,9,12,17H,6-8H2,1-2H3. The number of methoxy groups -OCH3 is 1. The van der Waals surface area contributed by atoms with E-state index in [1.54, 1.807) is 19.1 Å². The molecule has 0 bridgehead atoms. The molecule has 0 radical (unpaired) electrons. The van der Waals surface area contributed by atoms with Crippen LogP contribution in [-0.2, 0) is 4.74 Å². The molecular formula is C13H18F3NO2. The highest BCUT2D eigenvalue weighted by Crippen LogP contribution is 2.27. The number of nitrogens with one attached hydrogen (secondary N) is 1. The van der Waals surface area contributed by atoms with Gasteiger partial charge in [0.15, 0.2) is 0 Å². The molecule has 1 rings (SSSR count). The van der Waals surface area contributed by atoms with Crippen LogP contribution in [0.25, 0.3) is 0 Å². The maximum absolute atomic E-state index is 13.7. The van der Waals surface area contributed by atoms with Crippen LogP contribution in [0.4, 0.5) is 13.2 Å². The Bertz CT molecular complexity index is 388. The SMILES string of the molecule is COc1cccc(F)c1C(C)NCCOCC(F)F. The van der Waals surface area contributed by atoms with Gasteiger partial charge in [0.25, 0.3) is 6.43 Å². The predicted octanol–water partition coefficient (Wildman–Crippen LogP) is 2.77. The van der Waals surface area contributed by atoms with E-state index in [1.165, 1.54) is 13.2 Å². The molecule has 1 N–H and O–H groups in total. The number of hydrogen-bond acceptors (Lipinski definition) is 3. The summed E-state index contributed by atoms with van der Waals surface area (Å²) in [5.41, 5.74) is 0.416. The smallest absolute Gasteiger partial charge is 0.261 e. The second-order valence-electron chi connectivity index (χ2n) is 4.00. The van der Waals surface area contributed by atoms with Gasteiger partial charge in [0.1, 0.15) is 18.2 Å². The van der Waals surface area contributed by atoms with Gasteiger partial charge in [0.2, 0.25) is 0 Å². The summed E-state index contributed by atoms with van der Waals surface area (Å²) >= 11 is 0. The van der Waals surface area contributed by atoms with E-state index in [0.717, 1.165) is 0 Å². The van der Waals surface area contributed by atoms with Crippen LogP contribution in [-0.4, -0.2) is 33.3 Å². The van der Waals surface area contributed by atoms with Gasteiger partial charge in [-0.2, -0.15) is 0 Å². The van der Waals surface area contributed by atoms with E-state index in [0.29, 0.717) is 17.9 Å². The molecule has 1 atom stereocenters. The van der Waals surface area contributed by atoms with Crippen molar-refractivity contribution in [2.24, 2.45) is 0 Å². The second-order valence-corrected chi connectivity index (χ2v) is 4.00. The van der Waals surface area contributed by atoms with Gasteiger partial charge < -0.3 is 14.8 Å². The molecule has 0 aliphatic heterocycles. The maximum atomic E-state index is 13.7. The molecule has 0 saturated heterocycles. The van der Waals surface area contributed by atoms with Gasteiger partial charge in [-0.05, 0) is 19.1 Å². The van der Waals surface area contributed by atoms with Crippen LogP contribution in [0.2, 0.25) is 0 Å². The molecule has 3 nitrogen and oxygen atoms in total. The highest BCUT2D eigenvalue weighted by Gasteiger charge is 2.15. The van der Waals surface area contributed by atoms with Crippen molar-refractivity contribution in [3.8, 4) is 5.75 Å². The van der Waals surface area contributed by atoms with Gasteiger partial charge in [-0.15, -0.1) is 0 Å². The molecule has 0 aliphatic carbocycles. The Morgan fingerprint density at radius 1 is 1.32 bits per heavy atom. The molecular weight excluding hydrogens is 259 g/mol. The molecule has 0 spiro atoms. The number of alkyl halides is 2. The first-order valence-corrected chi connectivity index (χ1v) is 5.98. The van der Waals surface area contributed by atoms with E-state index < -0.39 is 13.0 Å². The fourth-order valence-corrected chi connectivity index (χ4v) is 1.74. The normalized spacial score (nSPS) is 12.7. The van der Waals surface area contributed by atoms with Crippen molar-refractivity contribution in [1.82, 2.24) is 5.32 Å². The average Bonchev–Trinajstić information content (AvgIpc) is 2.37. The molecule has 1 unspecified atom stereocenters. The minimum atomic E-state index is -2.47. The van der Waals surface area contributed by atoms with Gasteiger partial charge in [0, 0.05) is 18.2 Å². The summed E-state index contributed by atoms with van der Waals surface area (Å²) in [5, 5.41) is 3.00. The third-order valence-electron chi connectivity index (χ3n) is 2.61. The summed E-state index contributed by atoms with van der Waals surface area (Å²) in [6.45, 7) is 1.68. The Labute approximate surface area is 110 Å². The zero-order chi connectivity index (χ0) is 14.3. The van der Waals surface area contributed by atoms with Crippen LogP contribution in [0.5, 0.6) is 5.75 Å². The molecule has 0 heterocycles. The van der Waals surface area contributed by atoms with Gasteiger partial charge in [-0.3, -0.25) is 0 Å². The third kappa shape index (κ3) is 5.08. The Kier molecular flexibility index (Phi) is 6.66. The van der Waals surface area contributed by atoms with E-state index in [1.807, 2.05) is 0 Å². The molecule has 1 aromatic carbocycles. The summed E-state index contributed by atoms with van der Waals surface area (Å²) in [5.74, 6) is 0.0846. The third-order valence-corrected chi connectivity index (χ3v) is 2.61. The first-order valence-electron chi connectivity index (χ1n) is 5.98. The van der Waals surface area contributed by atoms with E-state index >= 15 is 0 Å². The van der Waals surface area contributed by atoms with Crippen LogP contribution in [0, 0.1) is 5.82 Å². The average molecular weight is 277 g/mol. The van der Waals surface area contributed by atoms with Gasteiger partial charge in [0.05, 0.1) is 13.7 Å². The highest BCUT2D eigenvalue weighted by atomic mass is 19.3. The van der Waals surface area contributed by atoms with Gasteiger partial charge in [-0.1, -0.05) is 6.07 Å². The zero-order valence-corrected chi connectivity index (χ0v) is 11.0. The minimum absolute atomic E-state index is 0.144. The molecule has 6 heteroatoms. The molecule has 1 aromatic rings. The Balaban J connectivity index is 2.47. The lowest BCUT2D eigenvalue weighted by Crippen LogP contribution is -2.25. The van der Waals surface area contributed by atoms with Crippen molar-refractivity contribution >= 4 is 0 Å².